The van der Waals surface area contributed by atoms with Gasteiger partial charge in [0.15, 0.2) is 0 Å². The Bertz CT molecular complexity index is 922. The first-order valence-electron chi connectivity index (χ1n) is 9.16. The fourth-order valence-corrected chi connectivity index (χ4v) is 3.07. The van der Waals surface area contributed by atoms with Crippen LogP contribution < -0.4 is 10.6 Å². The molecule has 0 heterocycles. The van der Waals surface area contributed by atoms with E-state index < -0.39 is 6.10 Å². The van der Waals surface area contributed by atoms with Crippen molar-refractivity contribution in [2.24, 2.45) is 0 Å². The molecule has 3 aromatic rings. The van der Waals surface area contributed by atoms with Crippen LogP contribution in [0.5, 0.6) is 0 Å². The molecule has 1 atom stereocenters. The molecular formula is C23H26N2O2. The normalized spacial score (nSPS) is 12.6. The predicted molar refractivity (Wildman–Crippen MR) is 111 cm³/mol. The fraction of sp³-hybridized carbons (Fsp3) is 0.261. The number of fused-ring (bicyclic) bond motifs is 1. The monoisotopic (exact) mass is 362 g/mol. The van der Waals surface area contributed by atoms with Crippen molar-refractivity contribution in [3.63, 3.8) is 0 Å². The first-order chi connectivity index (χ1) is 12.8. The van der Waals surface area contributed by atoms with Crippen LogP contribution >= 0.6 is 0 Å². The van der Waals surface area contributed by atoms with E-state index >= 15 is 0 Å². The van der Waals surface area contributed by atoms with Gasteiger partial charge in [-0.25, -0.2) is 4.79 Å². The van der Waals surface area contributed by atoms with Crippen molar-refractivity contribution in [1.29, 1.82) is 0 Å². The molecule has 3 aromatic carbocycles. The average Bonchev–Trinajstić information content (AvgIpc) is 2.65. The van der Waals surface area contributed by atoms with Crippen LogP contribution in [0.4, 0.5) is 10.5 Å². The minimum atomic E-state index is -0.773. The van der Waals surface area contributed by atoms with Gasteiger partial charge in [-0.3, -0.25) is 0 Å². The van der Waals surface area contributed by atoms with Crippen LogP contribution in [0.2, 0.25) is 0 Å². The SMILES string of the molecule is CC(C)(C)c1ccc(NC(=O)NCC(O)c2cccc3ccccc23)cc1. The number of aliphatic hydroxyl groups excluding tert-OH is 1. The number of rotatable bonds is 4. The molecule has 0 fully saturated rings. The van der Waals surface area contributed by atoms with Crippen LogP contribution in [-0.2, 0) is 5.41 Å². The van der Waals surface area contributed by atoms with Crippen molar-refractivity contribution in [1.82, 2.24) is 5.32 Å². The molecule has 0 radical (unpaired) electrons. The number of carbonyl (C=O) groups is 1. The minimum absolute atomic E-state index is 0.0728. The molecule has 140 valence electrons. The van der Waals surface area contributed by atoms with Crippen LogP contribution in [0.15, 0.2) is 66.7 Å². The van der Waals surface area contributed by atoms with Gasteiger partial charge < -0.3 is 15.7 Å². The second-order valence-corrected chi connectivity index (χ2v) is 7.75. The first-order valence-corrected chi connectivity index (χ1v) is 9.16. The Morgan fingerprint density at radius 1 is 0.963 bits per heavy atom. The summed E-state index contributed by atoms with van der Waals surface area (Å²) in [5.74, 6) is 0. The van der Waals surface area contributed by atoms with Gasteiger partial charge in [0.05, 0.1) is 6.10 Å². The summed E-state index contributed by atoms with van der Waals surface area (Å²) in [7, 11) is 0. The Labute approximate surface area is 160 Å². The minimum Gasteiger partial charge on any atom is -0.387 e. The van der Waals surface area contributed by atoms with E-state index in [1.807, 2.05) is 66.7 Å². The largest absolute Gasteiger partial charge is 0.387 e. The maximum Gasteiger partial charge on any atom is 0.319 e. The van der Waals surface area contributed by atoms with E-state index in [1.165, 1.54) is 5.56 Å². The molecule has 27 heavy (non-hydrogen) atoms. The number of benzene rings is 3. The Morgan fingerprint density at radius 2 is 1.63 bits per heavy atom. The summed E-state index contributed by atoms with van der Waals surface area (Å²) in [6.07, 6.45) is -0.773. The molecule has 0 aliphatic heterocycles. The van der Waals surface area contributed by atoms with E-state index in [1.54, 1.807) is 0 Å². The van der Waals surface area contributed by atoms with E-state index in [9.17, 15) is 9.90 Å². The first kappa shape index (κ1) is 18.9. The number of aliphatic hydroxyl groups is 1. The van der Waals surface area contributed by atoms with Crippen molar-refractivity contribution in [2.45, 2.75) is 32.3 Å². The number of carbonyl (C=O) groups excluding carboxylic acids is 1. The zero-order valence-corrected chi connectivity index (χ0v) is 16.0. The van der Waals surface area contributed by atoms with Gasteiger partial charge in [0, 0.05) is 12.2 Å². The smallest absolute Gasteiger partial charge is 0.319 e. The predicted octanol–water partition coefficient (Wildman–Crippen LogP) is 4.99. The standard InChI is InChI=1S/C23H26N2O2/c1-23(2,3)17-11-13-18(14-12-17)25-22(27)24-15-21(26)20-10-6-8-16-7-4-5-9-19(16)20/h4-14,21,26H,15H2,1-3H3,(H2,24,25,27). The number of urea groups is 1. The Morgan fingerprint density at radius 3 is 2.33 bits per heavy atom. The summed E-state index contributed by atoms with van der Waals surface area (Å²) in [5, 5.41) is 18.1. The number of nitrogens with one attached hydrogen (secondary N) is 2. The highest BCUT2D eigenvalue weighted by atomic mass is 16.3. The molecule has 0 saturated heterocycles. The lowest BCUT2D eigenvalue weighted by Gasteiger charge is -2.19. The van der Waals surface area contributed by atoms with Crippen molar-refractivity contribution in [3.05, 3.63) is 77.9 Å². The molecule has 4 heteroatoms. The molecule has 1 unspecified atom stereocenters. The zero-order chi connectivity index (χ0) is 19.4. The summed E-state index contributed by atoms with van der Waals surface area (Å²) in [4.78, 5) is 12.2. The van der Waals surface area contributed by atoms with Gasteiger partial charge in [-0.15, -0.1) is 0 Å². The Balaban J connectivity index is 1.60. The van der Waals surface area contributed by atoms with Gasteiger partial charge in [0.2, 0.25) is 0 Å². The summed E-state index contributed by atoms with van der Waals surface area (Å²) in [6, 6.07) is 21.2. The van der Waals surface area contributed by atoms with E-state index in [4.69, 9.17) is 0 Å². The van der Waals surface area contributed by atoms with Crippen LogP contribution in [0, 0.1) is 0 Å². The van der Waals surface area contributed by atoms with Crippen molar-refractivity contribution < 1.29 is 9.90 Å². The third-order valence-corrected chi connectivity index (χ3v) is 4.65. The summed E-state index contributed by atoms with van der Waals surface area (Å²) >= 11 is 0. The van der Waals surface area contributed by atoms with Crippen LogP contribution in [-0.4, -0.2) is 17.7 Å². The molecule has 0 aliphatic rings. The number of amides is 2. The molecule has 4 nitrogen and oxygen atoms in total. The number of hydrogen-bond acceptors (Lipinski definition) is 2. The highest BCUT2D eigenvalue weighted by Crippen LogP contribution is 2.25. The Kier molecular flexibility index (Phi) is 5.47. The maximum absolute atomic E-state index is 12.2. The van der Waals surface area contributed by atoms with Gasteiger partial charge in [-0.1, -0.05) is 75.4 Å². The van der Waals surface area contributed by atoms with Crippen LogP contribution in [0.1, 0.15) is 38.0 Å². The van der Waals surface area contributed by atoms with Gasteiger partial charge in [-0.05, 0) is 39.4 Å². The molecule has 3 N–H and O–H groups in total. The topological polar surface area (TPSA) is 61.4 Å². The van der Waals surface area contributed by atoms with E-state index in [2.05, 4.69) is 31.4 Å². The van der Waals surface area contributed by atoms with Gasteiger partial charge in [-0.2, -0.15) is 0 Å². The summed E-state index contributed by atoms with van der Waals surface area (Å²) < 4.78 is 0. The van der Waals surface area contributed by atoms with Crippen LogP contribution in [0.3, 0.4) is 0 Å². The molecule has 0 spiro atoms. The van der Waals surface area contributed by atoms with E-state index in [0.717, 1.165) is 22.0 Å². The molecule has 0 saturated carbocycles. The van der Waals surface area contributed by atoms with Crippen molar-refractivity contribution >= 4 is 22.5 Å². The maximum atomic E-state index is 12.2. The lowest BCUT2D eigenvalue weighted by atomic mass is 9.87. The molecule has 0 aromatic heterocycles. The molecular weight excluding hydrogens is 336 g/mol. The molecule has 3 rings (SSSR count). The lowest BCUT2D eigenvalue weighted by Crippen LogP contribution is -2.32. The van der Waals surface area contributed by atoms with E-state index in [-0.39, 0.29) is 18.0 Å². The second-order valence-electron chi connectivity index (χ2n) is 7.75. The van der Waals surface area contributed by atoms with Gasteiger partial charge in [0.25, 0.3) is 0 Å². The third-order valence-electron chi connectivity index (χ3n) is 4.65. The highest BCUT2D eigenvalue weighted by molar-refractivity contribution is 5.89. The highest BCUT2D eigenvalue weighted by Gasteiger charge is 2.14. The van der Waals surface area contributed by atoms with Crippen molar-refractivity contribution in [2.75, 3.05) is 11.9 Å². The van der Waals surface area contributed by atoms with Gasteiger partial charge >= 0.3 is 6.03 Å². The number of anilines is 1. The van der Waals surface area contributed by atoms with Crippen molar-refractivity contribution in [3.8, 4) is 0 Å². The summed E-state index contributed by atoms with van der Waals surface area (Å²) in [5.41, 5.74) is 2.81. The molecule has 0 bridgehead atoms. The zero-order valence-electron chi connectivity index (χ0n) is 16.0. The van der Waals surface area contributed by atoms with Crippen LogP contribution in [0.25, 0.3) is 10.8 Å². The fourth-order valence-electron chi connectivity index (χ4n) is 3.07. The number of hydrogen-bond donors (Lipinski definition) is 3. The third kappa shape index (κ3) is 4.66. The lowest BCUT2D eigenvalue weighted by molar-refractivity contribution is 0.176. The average molecular weight is 362 g/mol. The second kappa shape index (κ2) is 7.80. The van der Waals surface area contributed by atoms with E-state index in [0.29, 0.717) is 0 Å². The molecule has 2 amide bonds. The Hall–Kier alpha value is -2.85. The molecule has 0 aliphatic carbocycles. The summed E-state index contributed by atoms with van der Waals surface area (Å²) in [6.45, 7) is 6.59. The van der Waals surface area contributed by atoms with Gasteiger partial charge in [0.1, 0.15) is 0 Å². The quantitative estimate of drug-likeness (QED) is 0.612.